The van der Waals surface area contributed by atoms with E-state index < -0.39 is 17.2 Å². The van der Waals surface area contributed by atoms with E-state index in [2.05, 4.69) is 0 Å². The Hall–Kier alpha value is -3.42. The minimum Gasteiger partial charge on any atom is -0.504 e. The van der Waals surface area contributed by atoms with Crippen molar-refractivity contribution in [2.45, 2.75) is 33.1 Å². The van der Waals surface area contributed by atoms with Gasteiger partial charge in [-0.3, -0.25) is 9.59 Å². The molecule has 1 aliphatic heterocycles. The van der Waals surface area contributed by atoms with Crippen LogP contribution in [0.5, 0.6) is 23.0 Å². The van der Waals surface area contributed by atoms with E-state index in [0.29, 0.717) is 52.0 Å². The first-order valence-corrected chi connectivity index (χ1v) is 10.8. The number of ether oxygens (including phenoxy) is 1. The Morgan fingerprint density at radius 3 is 2.19 bits per heavy atom. The zero-order valence-electron chi connectivity index (χ0n) is 18.5. The number of hydrogen-bond acceptors (Lipinski definition) is 6. The van der Waals surface area contributed by atoms with E-state index in [1.165, 1.54) is 0 Å². The summed E-state index contributed by atoms with van der Waals surface area (Å²) >= 11 is 0. The molecule has 1 saturated heterocycles. The molecule has 8 heteroatoms. The van der Waals surface area contributed by atoms with Crippen LogP contribution in [0.4, 0.5) is 0 Å². The normalized spacial score (nSPS) is 14.2. The van der Waals surface area contributed by atoms with Crippen LogP contribution in [-0.4, -0.2) is 69.7 Å². The highest BCUT2D eigenvalue weighted by Gasteiger charge is 2.24. The van der Waals surface area contributed by atoms with Gasteiger partial charge in [0, 0.05) is 38.2 Å². The molecule has 1 aliphatic rings. The summed E-state index contributed by atoms with van der Waals surface area (Å²) in [6.45, 7) is 6.25. The standard InChI is InChI=1S/C24H30N2O6/c1-16-6-3-7-17(2)23(16)32-13-4-8-21(29)25-9-5-10-26(12-11-25)24(31)18-14-19(27)22(30)20(28)15-18/h3,6-7,14-15,27-28,30H,4-5,8-13H2,1-2H3. The summed E-state index contributed by atoms with van der Waals surface area (Å²) in [5, 5.41) is 28.8. The lowest BCUT2D eigenvalue weighted by Gasteiger charge is -2.22. The Bertz CT molecular complexity index is 947. The molecule has 32 heavy (non-hydrogen) atoms. The molecule has 172 valence electrons. The van der Waals surface area contributed by atoms with E-state index in [-0.39, 0.29) is 17.4 Å². The highest BCUT2D eigenvalue weighted by atomic mass is 16.5. The third-order valence-corrected chi connectivity index (χ3v) is 5.64. The van der Waals surface area contributed by atoms with Gasteiger partial charge in [0.2, 0.25) is 5.91 Å². The Morgan fingerprint density at radius 2 is 1.53 bits per heavy atom. The van der Waals surface area contributed by atoms with Crippen LogP contribution >= 0.6 is 0 Å². The molecular weight excluding hydrogens is 412 g/mol. The van der Waals surface area contributed by atoms with Gasteiger partial charge in [0.25, 0.3) is 5.91 Å². The van der Waals surface area contributed by atoms with E-state index in [4.69, 9.17) is 4.74 Å². The number of carbonyl (C=O) groups is 2. The van der Waals surface area contributed by atoms with Gasteiger partial charge >= 0.3 is 0 Å². The summed E-state index contributed by atoms with van der Waals surface area (Å²) in [6, 6.07) is 8.24. The number of phenolic OH excluding ortho intramolecular Hbond substituents is 3. The number of phenols is 3. The van der Waals surface area contributed by atoms with Gasteiger partial charge in [-0.15, -0.1) is 0 Å². The zero-order chi connectivity index (χ0) is 23.3. The lowest BCUT2D eigenvalue weighted by Crippen LogP contribution is -2.37. The smallest absolute Gasteiger partial charge is 0.254 e. The van der Waals surface area contributed by atoms with Gasteiger partial charge in [-0.2, -0.15) is 0 Å². The second-order valence-electron chi connectivity index (χ2n) is 8.06. The number of hydrogen-bond donors (Lipinski definition) is 3. The Labute approximate surface area is 187 Å². The molecule has 8 nitrogen and oxygen atoms in total. The fraction of sp³-hybridized carbons (Fsp3) is 0.417. The second kappa shape index (κ2) is 10.3. The predicted molar refractivity (Wildman–Crippen MR) is 119 cm³/mol. The second-order valence-corrected chi connectivity index (χ2v) is 8.06. The number of nitrogens with zero attached hydrogens (tertiary/aromatic N) is 2. The maximum Gasteiger partial charge on any atom is 0.254 e. The van der Waals surface area contributed by atoms with Crippen LogP contribution in [0.2, 0.25) is 0 Å². The van der Waals surface area contributed by atoms with Crippen LogP contribution in [0.3, 0.4) is 0 Å². The summed E-state index contributed by atoms with van der Waals surface area (Å²) in [7, 11) is 0. The van der Waals surface area contributed by atoms with Crippen LogP contribution in [0.25, 0.3) is 0 Å². The molecule has 1 fully saturated rings. The molecule has 3 N–H and O–H groups in total. The largest absolute Gasteiger partial charge is 0.504 e. The van der Waals surface area contributed by atoms with Crippen molar-refractivity contribution in [3.8, 4) is 23.0 Å². The number of aryl methyl sites for hydroxylation is 2. The molecular formula is C24H30N2O6. The van der Waals surface area contributed by atoms with Gasteiger partial charge in [-0.1, -0.05) is 18.2 Å². The molecule has 3 rings (SSSR count). The number of aromatic hydroxyl groups is 3. The average molecular weight is 443 g/mol. The quantitative estimate of drug-likeness (QED) is 0.469. The molecule has 0 bridgehead atoms. The maximum absolute atomic E-state index is 12.7. The van der Waals surface area contributed by atoms with Crippen LogP contribution in [0.1, 0.15) is 40.7 Å². The van der Waals surface area contributed by atoms with E-state index in [0.717, 1.165) is 29.0 Å². The van der Waals surface area contributed by atoms with Crippen molar-refractivity contribution in [3.05, 3.63) is 47.0 Å². The molecule has 0 atom stereocenters. The van der Waals surface area contributed by atoms with Crippen molar-refractivity contribution in [2.75, 3.05) is 32.8 Å². The summed E-state index contributed by atoms with van der Waals surface area (Å²) in [4.78, 5) is 28.7. The fourth-order valence-corrected chi connectivity index (χ4v) is 3.86. The van der Waals surface area contributed by atoms with Crippen molar-refractivity contribution in [3.63, 3.8) is 0 Å². The van der Waals surface area contributed by atoms with E-state index in [1.807, 2.05) is 32.0 Å². The van der Waals surface area contributed by atoms with Crippen LogP contribution in [-0.2, 0) is 4.79 Å². The molecule has 0 spiro atoms. The molecule has 0 saturated carbocycles. The summed E-state index contributed by atoms with van der Waals surface area (Å²) in [5.74, 6) is -1.23. The van der Waals surface area contributed by atoms with Gasteiger partial charge in [-0.05, 0) is 49.9 Å². The monoisotopic (exact) mass is 442 g/mol. The zero-order valence-corrected chi connectivity index (χ0v) is 18.5. The molecule has 1 heterocycles. The average Bonchev–Trinajstić information content (AvgIpc) is 3.02. The summed E-state index contributed by atoms with van der Waals surface area (Å²) in [6.07, 6.45) is 1.61. The highest BCUT2D eigenvalue weighted by Crippen LogP contribution is 2.35. The SMILES string of the molecule is Cc1cccc(C)c1OCCCC(=O)N1CCCN(C(=O)c2cc(O)c(O)c(O)c2)CC1. The van der Waals surface area contributed by atoms with E-state index >= 15 is 0 Å². The molecule has 2 aromatic carbocycles. The lowest BCUT2D eigenvalue weighted by atomic mass is 10.1. The molecule has 0 aliphatic carbocycles. The van der Waals surface area contributed by atoms with Crippen molar-refractivity contribution in [1.82, 2.24) is 9.80 Å². The third-order valence-electron chi connectivity index (χ3n) is 5.64. The molecule has 0 unspecified atom stereocenters. The Morgan fingerprint density at radius 1 is 0.938 bits per heavy atom. The number of rotatable bonds is 6. The van der Waals surface area contributed by atoms with Crippen LogP contribution in [0.15, 0.2) is 30.3 Å². The third kappa shape index (κ3) is 5.43. The van der Waals surface area contributed by atoms with Crippen molar-refractivity contribution >= 4 is 11.8 Å². The van der Waals surface area contributed by atoms with Gasteiger partial charge in [0.05, 0.1) is 6.61 Å². The van der Waals surface area contributed by atoms with Crippen LogP contribution in [0, 0.1) is 13.8 Å². The Balaban J connectivity index is 1.49. The maximum atomic E-state index is 12.7. The molecule has 0 aromatic heterocycles. The van der Waals surface area contributed by atoms with Crippen LogP contribution < -0.4 is 4.74 Å². The van der Waals surface area contributed by atoms with Crippen molar-refractivity contribution < 1.29 is 29.6 Å². The molecule has 2 amide bonds. The van der Waals surface area contributed by atoms with E-state index in [9.17, 15) is 24.9 Å². The highest BCUT2D eigenvalue weighted by molar-refractivity contribution is 5.95. The van der Waals surface area contributed by atoms with Gasteiger partial charge < -0.3 is 29.9 Å². The van der Waals surface area contributed by atoms with Gasteiger partial charge in [-0.25, -0.2) is 0 Å². The first kappa shape index (κ1) is 23.2. The van der Waals surface area contributed by atoms with Crippen molar-refractivity contribution in [1.29, 1.82) is 0 Å². The minimum absolute atomic E-state index is 0.0318. The number of carbonyl (C=O) groups excluding carboxylic acids is 2. The van der Waals surface area contributed by atoms with Gasteiger partial charge in [0.1, 0.15) is 5.75 Å². The Kier molecular flexibility index (Phi) is 7.45. The number of amides is 2. The van der Waals surface area contributed by atoms with Gasteiger partial charge in [0.15, 0.2) is 17.2 Å². The molecule has 0 radical (unpaired) electrons. The topological polar surface area (TPSA) is 111 Å². The first-order valence-electron chi connectivity index (χ1n) is 10.8. The first-order chi connectivity index (χ1) is 15.3. The van der Waals surface area contributed by atoms with Crippen molar-refractivity contribution in [2.24, 2.45) is 0 Å². The number of para-hydroxylation sites is 1. The lowest BCUT2D eigenvalue weighted by molar-refractivity contribution is -0.131. The summed E-state index contributed by atoms with van der Waals surface area (Å²) in [5.41, 5.74) is 2.23. The van der Waals surface area contributed by atoms with E-state index in [1.54, 1.807) is 9.80 Å². The molecule has 2 aromatic rings. The number of benzene rings is 2. The predicted octanol–water partition coefficient (Wildman–Crippen LogP) is 2.95. The fourth-order valence-electron chi connectivity index (χ4n) is 3.86. The summed E-state index contributed by atoms with van der Waals surface area (Å²) < 4.78 is 5.87. The minimum atomic E-state index is -0.657.